The van der Waals surface area contributed by atoms with E-state index >= 15 is 0 Å². The standard InChI is InChI=1S/C14H19N5O2S/c1-2-3-9-22(20,21)19-14-7-6-13(17-18-14)16-11-12-5-4-8-15-10-12/h4-8,10H,2-3,9,11H2,1H3,(H,16,17)(H,18,19). The largest absolute Gasteiger partial charge is 0.364 e. The van der Waals surface area contributed by atoms with E-state index in [9.17, 15) is 8.42 Å². The molecule has 0 amide bonds. The minimum Gasteiger partial charge on any atom is -0.364 e. The SMILES string of the molecule is CCCCS(=O)(=O)Nc1ccc(NCc2cccnc2)nn1. The molecule has 0 aliphatic heterocycles. The first-order chi connectivity index (χ1) is 10.6. The Bertz CT molecular complexity index is 674. The molecular formula is C14H19N5O2S. The number of anilines is 2. The number of unbranched alkanes of at least 4 members (excludes halogenated alkanes) is 1. The smallest absolute Gasteiger partial charge is 0.233 e. The van der Waals surface area contributed by atoms with Gasteiger partial charge < -0.3 is 5.32 Å². The van der Waals surface area contributed by atoms with Crippen molar-refractivity contribution >= 4 is 21.7 Å². The molecule has 0 bridgehead atoms. The van der Waals surface area contributed by atoms with Crippen molar-refractivity contribution in [1.82, 2.24) is 15.2 Å². The number of nitrogens with zero attached hydrogens (tertiary/aromatic N) is 3. The molecule has 7 nitrogen and oxygen atoms in total. The summed E-state index contributed by atoms with van der Waals surface area (Å²) >= 11 is 0. The van der Waals surface area contributed by atoms with Crippen LogP contribution in [0.5, 0.6) is 0 Å². The Morgan fingerprint density at radius 3 is 2.55 bits per heavy atom. The van der Waals surface area contributed by atoms with Gasteiger partial charge in [0.05, 0.1) is 5.75 Å². The molecule has 2 aromatic heterocycles. The lowest BCUT2D eigenvalue weighted by Gasteiger charge is -2.07. The number of hydrogen-bond donors (Lipinski definition) is 2. The fourth-order valence-electron chi connectivity index (χ4n) is 1.72. The Balaban J connectivity index is 1.90. The Labute approximate surface area is 130 Å². The van der Waals surface area contributed by atoms with Gasteiger partial charge in [0, 0.05) is 18.9 Å². The van der Waals surface area contributed by atoms with Crippen LogP contribution in [-0.2, 0) is 16.6 Å². The molecule has 0 radical (unpaired) electrons. The zero-order valence-corrected chi connectivity index (χ0v) is 13.2. The van der Waals surface area contributed by atoms with Gasteiger partial charge in [0.2, 0.25) is 10.0 Å². The second-order valence-corrected chi connectivity index (χ2v) is 6.63. The first kappa shape index (κ1) is 16.2. The van der Waals surface area contributed by atoms with Crippen LogP contribution in [0, 0.1) is 0 Å². The van der Waals surface area contributed by atoms with E-state index < -0.39 is 10.0 Å². The number of aromatic nitrogens is 3. The lowest BCUT2D eigenvalue weighted by atomic mass is 10.3. The number of nitrogens with one attached hydrogen (secondary N) is 2. The fourth-order valence-corrected chi connectivity index (χ4v) is 2.92. The quantitative estimate of drug-likeness (QED) is 0.772. The van der Waals surface area contributed by atoms with Crippen LogP contribution in [0.3, 0.4) is 0 Å². The molecular weight excluding hydrogens is 302 g/mol. The first-order valence-electron chi connectivity index (χ1n) is 7.06. The predicted molar refractivity (Wildman–Crippen MR) is 85.9 cm³/mol. The average Bonchev–Trinajstić information content (AvgIpc) is 2.53. The molecule has 0 spiro atoms. The molecule has 0 aliphatic rings. The Morgan fingerprint density at radius 2 is 1.91 bits per heavy atom. The molecule has 2 rings (SSSR count). The molecule has 2 aromatic rings. The molecule has 0 aliphatic carbocycles. The summed E-state index contributed by atoms with van der Waals surface area (Å²) in [6, 6.07) is 7.07. The van der Waals surface area contributed by atoms with Gasteiger partial charge in [0.25, 0.3) is 0 Å². The van der Waals surface area contributed by atoms with E-state index in [4.69, 9.17) is 0 Å². The van der Waals surface area contributed by atoms with Gasteiger partial charge in [-0.2, -0.15) is 0 Å². The van der Waals surface area contributed by atoms with Crippen molar-refractivity contribution in [3.63, 3.8) is 0 Å². The van der Waals surface area contributed by atoms with E-state index in [-0.39, 0.29) is 11.6 Å². The third kappa shape index (κ3) is 5.28. The summed E-state index contributed by atoms with van der Waals surface area (Å²) < 4.78 is 25.9. The van der Waals surface area contributed by atoms with E-state index in [0.717, 1.165) is 12.0 Å². The molecule has 8 heteroatoms. The molecule has 118 valence electrons. The summed E-state index contributed by atoms with van der Waals surface area (Å²) in [5, 5.41) is 10.9. The molecule has 0 fully saturated rings. The van der Waals surface area contributed by atoms with Crippen molar-refractivity contribution in [2.45, 2.75) is 26.3 Å². The molecule has 0 aromatic carbocycles. The van der Waals surface area contributed by atoms with E-state index in [0.29, 0.717) is 18.8 Å². The van der Waals surface area contributed by atoms with Crippen molar-refractivity contribution in [2.75, 3.05) is 15.8 Å². The van der Waals surface area contributed by atoms with Crippen LogP contribution in [0.1, 0.15) is 25.3 Å². The van der Waals surface area contributed by atoms with Crippen molar-refractivity contribution in [3.05, 3.63) is 42.2 Å². The topological polar surface area (TPSA) is 96.9 Å². The van der Waals surface area contributed by atoms with Crippen LogP contribution in [-0.4, -0.2) is 29.4 Å². The van der Waals surface area contributed by atoms with Crippen molar-refractivity contribution < 1.29 is 8.42 Å². The Kier molecular flexibility index (Phi) is 5.65. The lowest BCUT2D eigenvalue weighted by Crippen LogP contribution is -2.17. The zero-order valence-electron chi connectivity index (χ0n) is 12.4. The molecule has 2 heterocycles. The van der Waals surface area contributed by atoms with E-state index in [1.165, 1.54) is 0 Å². The fraction of sp³-hybridized carbons (Fsp3) is 0.357. The van der Waals surface area contributed by atoms with Gasteiger partial charge in [-0.3, -0.25) is 9.71 Å². The van der Waals surface area contributed by atoms with Crippen molar-refractivity contribution in [3.8, 4) is 0 Å². The summed E-state index contributed by atoms with van der Waals surface area (Å²) in [4.78, 5) is 4.02. The van der Waals surface area contributed by atoms with Crippen LogP contribution >= 0.6 is 0 Å². The second kappa shape index (κ2) is 7.69. The number of sulfonamides is 1. The van der Waals surface area contributed by atoms with E-state index in [2.05, 4.69) is 25.2 Å². The number of pyridine rings is 1. The number of hydrogen-bond acceptors (Lipinski definition) is 6. The first-order valence-corrected chi connectivity index (χ1v) is 8.71. The minimum atomic E-state index is -3.35. The summed E-state index contributed by atoms with van der Waals surface area (Å²) in [6.07, 6.45) is 4.91. The lowest BCUT2D eigenvalue weighted by molar-refractivity contribution is 0.597. The molecule has 0 atom stereocenters. The Morgan fingerprint density at radius 1 is 1.14 bits per heavy atom. The van der Waals surface area contributed by atoms with E-state index in [1.54, 1.807) is 24.5 Å². The van der Waals surface area contributed by atoms with Crippen LogP contribution in [0.25, 0.3) is 0 Å². The maximum absolute atomic E-state index is 11.8. The normalized spacial score (nSPS) is 11.1. The molecule has 22 heavy (non-hydrogen) atoms. The maximum Gasteiger partial charge on any atom is 0.233 e. The highest BCUT2D eigenvalue weighted by molar-refractivity contribution is 7.92. The minimum absolute atomic E-state index is 0.0895. The summed E-state index contributed by atoms with van der Waals surface area (Å²) in [6.45, 7) is 2.52. The van der Waals surface area contributed by atoms with Gasteiger partial charge in [0.15, 0.2) is 5.82 Å². The predicted octanol–water partition coefficient (Wildman–Crippen LogP) is 2.03. The summed E-state index contributed by atoms with van der Waals surface area (Å²) in [5.41, 5.74) is 1.02. The third-order valence-electron chi connectivity index (χ3n) is 2.89. The second-order valence-electron chi connectivity index (χ2n) is 4.79. The van der Waals surface area contributed by atoms with Crippen molar-refractivity contribution in [1.29, 1.82) is 0 Å². The third-order valence-corrected chi connectivity index (χ3v) is 4.23. The van der Waals surface area contributed by atoms with E-state index in [1.807, 2.05) is 19.1 Å². The van der Waals surface area contributed by atoms with Crippen LogP contribution < -0.4 is 10.0 Å². The number of rotatable bonds is 8. The maximum atomic E-state index is 11.8. The molecule has 0 unspecified atom stereocenters. The zero-order chi connectivity index (χ0) is 15.8. The molecule has 0 saturated carbocycles. The van der Waals surface area contributed by atoms with Gasteiger partial charge in [-0.1, -0.05) is 19.4 Å². The molecule has 2 N–H and O–H groups in total. The van der Waals surface area contributed by atoms with Crippen molar-refractivity contribution in [2.24, 2.45) is 0 Å². The summed E-state index contributed by atoms with van der Waals surface area (Å²) in [7, 11) is -3.35. The summed E-state index contributed by atoms with van der Waals surface area (Å²) in [5.74, 6) is 0.884. The average molecular weight is 321 g/mol. The highest BCUT2D eigenvalue weighted by Crippen LogP contribution is 2.10. The monoisotopic (exact) mass is 321 g/mol. The van der Waals surface area contributed by atoms with Gasteiger partial charge in [0.1, 0.15) is 5.82 Å². The molecule has 0 saturated heterocycles. The van der Waals surface area contributed by atoms with Gasteiger partial charge in [-0.25, -0.2) is 8.42 Å². The van der Waals surface area contributed by atoms with Crippen LogP contribution in [0.15, 0.2) is 36.7 Å². The highest BCUT2D eigenvalue weighted by atomic mass is 32.2. The van der Waals surface area contributed by atoms with Crippen LogP contribution in [0.2, 0.25) is 0 Å². The van der Waals surface area contributed by atoms with Gasteiger partial charge >= 0.3 is 0 Å². The van der Waals surface area contributed by atoms with Crippen LogP contribution in [0.4, 0.5) is 11.6 Å². The van der Waals surface area contributed by atoms with Gasteiger partial charge in [-0.05, 0) is 30.2 Å². The van der Waals surface area contributed by atoms with Gasteiger partial charge in [-0.15, -0.1) is 10.2 Å². The highest BCUT2D eigenvalue weighted by Gasteiger charge is 2.10. The Hall–Kier alpha value is -2.22.